The van der Waals surface area contributed by atoms with Gasteiger partial charge in [-0.25, -0.2) is 19.0 Å². The molecule has 9 heteroatoms. The van der Waals surface area contributed by atoms with Crippen LogP contribution in [0.1, 0.15) is 22.0 Å². The lowest BCUT2D eigenvalue weighted by Crippen LogP contribution is -2.22. The zero-order valence-electron chi connectivity index (χ0n) is 12.8. The molecule has 25 heavy (non-hydrogen) atoms. The molecule has 3 aromatic rings. The zero-order valence-corrected chi connectivity index (χ0v) is 13.6. The Morgan fingerprint density at radius 3 is 2.80 bits per heavy atom. The maximum absolute atomic E-state index is 14.0. The monoisotopic (exact) mass is 363 g/mol. The molecule has 0 spiro atoms. The third-order valence-corrected chi connectivity index (χ3v) is 3.63. The molecule has 1 aromatic carbocycles. The third-order valence-electron chi connectivity index (χ3n) is 3.44. The molecule has 0 bridgehead atoms. The van der Waals surface area contributed by atoms with E-state index in [2.05, 4.69) is 19.9 Å². The number of hydrogen-bond acceptors (Lipinski definition) is 6. The number of aromatic amines is 1. The van der Waals surface area contributed by atoms with Crippen LogP contribution >= 0.6 is 11.6 Å². The normalized spacial score (nSPS) is 12.0. The molecular formula is C16H11ClFN3O4. The number of rotatable bonds is 4. The van der Waals surface area contributed by atoms with Gasteiger partial charge in [-0.3, -0.25) is 5.10 Å². The van der Waals surface area contributed by atoms with Gasteiger partial charge in [0.15, 0.2) is 5.65 Å². The minimum Gasteiger partial charge on any atom is -0.466 e. The van der Waals surface area contributed by atoms with Crippen LogP contribution in [0, 0.1) is 5.82 Å². The fraction of sp³-hybridized carbons (Fsp3) is 0.125. The molecular weight excluding hydrogens is 353 g/mol. The number of benzene rings is 1. The summed E-state index contributed by atoms with van der Waals surface area (Å²) in [5.74, 6) is -2.51. The van der Waals surface area contributed by atoms with Crippen molar-refractivity contribution in [3.8, 4) is 0 Å². The van der Waals surface area contributed by atoms with Gasteiger partial charge in [-0.05, 0) is 12.1 Å². The number of esters is 2. The van der Waals surface area contributed by atoms with Crippen LogP contribution in [0.4, 0.5) is 4.39 Å². The van der Waals surface area contributed by atoms with Crippen molar-refractivity contribution in [2.24, 2.45) is 0 Å². The largest absolute Gasteiger partial charge is 0.466 e. The van der Waals surface area contributed by atoms with Gasteiger partial charge < -0.3 is 9.47 Å². The number of halogens is 2. The Balaban J connectivity index is 1.99. The van der Waals surface area contributed by atoms with Crippen LogP contribution in [0.2, 0.25) is 5.15 Å². The Kier molecular flexibility index (Phi) is 4.62. The summed E-state index contributed by atoms with van der Waals surface area (Å²) in [6.07, 6.45) is -0.196. The van der Waals surface area contributed by atoms with E-state index in [1.807, 2.05) is 0 Å². The quantitative estimate of drug-likeness (QED) is 0.566. The Bertz CT molecular complexity index is 959. The smallest absolute Gasteiger partial charge is 0.352 e. The first-order valence-corrected chi connectivity index (χ1v) is 7.42. The molecule has 0 saturated heterocycles. The number of pyridine rings is 1. The maximum atomic E-state index is 14.0. The van der Waals surface area contributed by atoms with Gasteiger partial charge in [0.05, 0.1) is 24.3 Å². The molecule has 0 aliphatic rings. The minimum atomic E-state index is -1.56. The second kappa shape index (κ2) is 6.86. The highest BCUT2D eigenvalue weighted by molar-refractivity contribution is 6.30. The number of ether oxygens (including phenoxy) is 2. The van der Waals surface area contributed by atoms with Crippen LogP contribution < -0.4 is 0 Å². The molecule has 0 saturated carbocycles. The highest BCUT2D eigenvalue weighted by Crippen LogP contribution is 2.26. The van der Waals surface area contributed by atoms with Crippen molar-refractivity contribution in [1.82, 2.24) is 15.2 Å². The Hall–Kier alpha value is -3.00. The van der Waals surface area contributed by atoms with Crippen molar-refractivity contribution in [2.45, 2.75) is 6.10 Å². The van der Waals surface area contributed by atoms with E-state index in [-0.39, 0.29) is 21.9 Å². The summed E-state index contributed by atoms with van der Waals surface area (Å²) in [7, 11) is 1.11. The number of fused-ring (bicyclic) bond motifs is 1. The van der Waals surface area contributed by atoms with Crippen LogP contribution in [0.5, 0.6) is 0 Å². The van der Waals surface area contributed by atoms with Crippen molar-refractivity contribution in [3.63, 3.8) is 0 Å². The summed E-state index contributed by atoms with van der Waals surface area (Å²) in [4.78, 5) is 28.5. The van der Waals surface area contributed by atoms with Crippen LogP contribution in [-0.2, 0) is 14.3 Å². The fourth-order valence-corrected chi connectivity index (χ4v) is 2.46. The number of hydrogen-bond donors (Lipinski definition) is 1. The van der Waals surface area contributed by atoms with Crippen molar-refractivity contribution < 1.29 is 23.5 Å². The third kappa shape index (κ3) is 3.29. The predicted molar refractivity (Wildman–Crippen MR) is 85.5 cm³/mol. The van der Waals surface area contributed by atoms with Gasteiger partial charge in [0.25, 0.3) is 0 Å². The van der Waals surface area contributed by atoms with Crippen molar-refractivity contribution in [2.75, 3.05) is 7.11 Å². The van der Waals surface area contributed by atoms with E-state index in [9.17, 15) is 14.0 Å². The highest BCUT2D eigenvalue weighted by atomic mass is 35.5. The molecule has 128 valence electrons. The molecule has 0 aliphatic carbocycles. The van der Waals surface area contributed by atoms with Gasteiger partial charge >= 0.3 is 11.9 Å². The average molecular weight is 364 g/mol. The Labute approximate surface area is 145 Å². The van der Waals surface area contributed by atoms with E-state index in [1.54, 1.807) is 0 Å². The van der Waals surface area contributed by atoms with Crippen molar-refractivity contribution in [3.05, 3.63) is 58.6 Å². The summed E-state index contributed by atoms with van der Waals surface area (Å²) in [5.41, 5.74) is 0.195. The van der Waals surface area contributed by atoms with E-state index in [1.165, 1.54) is 30.5 Å². The molecule has 3 rings (SSSR count). The minimum absolute atomic E-state index is 0.0317. The molecule has 0 aliphatic heterocycles. The number of nitrogens with one attached hydrogen (secondary N) is 1. The number of aromatic nitrogens is 3. The average Bonchev–Trinajstić information content (AvgIpc) is 3.07. The van der Waals surface area contributed by atoms with Gasteiger partial charge in [0, 0.05) is 5.56 Å². The summed E-state index contributed by atoms with van der Waals surface area (Å²) in [6, 6.07) is 6.72. The van der Waals surface area contributed by atoms with Gasteiger partial charge in [0.1, 0.15) is 11.0 Å². The van der Waals surface area contributed by atoms with E-state index in [0.717, 1.165) is 13.2 Å². The summed E-state index contributed by atoms with van der Waals surface area (Å²) >= 11 is 5.88. The molecule has 0 radical (unpaired) electrons. The second-order valence-electron chi connectivity index (χ2n) is 4.95. The van der Waals surface area contributed by atoms with Crippen LogP contribution in [0.3, 0.4) is 0 Å². The lowest BCUT2D eigenvalue weighted by molar-refractivity contribution is -0.151. The van der Waals surface area contributed by atoms with E-state index in [0.29, 0.717) is 5.39 Å². The molecule has 2 heterocycles. The standard InChI is InChI=1S/C16H11ClFN3O4/c1-24-16(23)13(8-4-2-3-5-11(8)18)25-15(22)9-6-12(17)20-14-10(9)7-19-21-14/h2-7,13H,1H3,(H,19,20,21). The molecule has 2 aromatic heterocycles. The lowest BCUT2D eigenvalue weighted by Gasteiger charge is -2.17. The van der Waals surface area contributed by atoms with E-state index in [4.69, 9.17) is 16.3 Å². The first-order chi connectivity index (χ1) is 12.0. The van der Waals surface area contributed by atoms with Crippen molar-refractivity contribution in [1.29, 1.82) is 0 Å². The lowest BCUT2D eigenvalue weighted by atomic mass is 10.1. The maximum Gasteiger partial charge on any atom is 0.352 e. The molecule has 7 nitrogen and oxygen atoms in total. The van der Waals surface area contributed by atoms with E-state index >= 15 is 0 Å². The molecule has 0 amide bonds. The summed E-state index contributed by atoms with van der Waals surface area (Å²) in [5, 5.41) is 6.75. The topological polar surface area (TPSA) is 94.2 Å². The number of nitrogens with zero attached hydrogens (tertiary/aromatic N) is 2. The van der Waals surface area contributed by atoms with Crippen molar-refractivity contribution >= 4 is 34.6 Å². The molecule has 0 fully saturated rings. The van der Waals surface area contributed by atoms with Gasteiger partial charge in [-0.2, -0.15) is 5.10 Å². The van der Waals surface area contributed by atoms with Crippen LogP contribution in [0.25, 0.3) is 11.0 Å². The van der Waals surface area contributed by atoms with E-state index < -0.39 is 23.9 Å². The predicted octanol–water partition coefficient (Wildman–Crippen LogP) is 2.82. The first-order valence-electron chi connectivity index (χ1n) is 7.04. The Morgan fingerprint density at radius 2 is 2.08 bits per heavy atom. The number of methoxy groups -OCH3 is 1. The zero-order chi connectivity index (χ0) is 18.0. The first kappa shape index (κ1) is 16.8. The molecule has 1 atom stereocenters. The fourth-order valence-electron chi connectivity index (χ4n) is 2.27. The number of carbonyl (C=O) groups is 2. The SMILES string of the molecule is COC(=O)C(OC(=O)c1cc(Cl)nc2[nH]ncc12)c1ccccc1F. The summed E-state index contributed by atoms with van der Waals surface area (Å²) < 4.78 is 23.8. The number of H-pyrrole nitrogens is 1. The highest BCUT2D eigenvalue weighted by Gasteiger charge is 2.30. The van der Waals surface area contributed by atoms with Crippen LogP contribution in [0.15, 0.2) is 36.5 Å². The summed E-state index contributed by atoms with van der Waals surface area (Å²) in [6.45, 7) is 0. The molecule has 1 unspecified atom stereocenters. The Morgan fingerprint density at radius 1 is 1.32 bits per heavy atom. The van der Waals surface area contributed by atoms with Gasteiger partial charge in [-0.1, -0.05) is 29.8 Å². The van der Waals surface area contributed by atoms with Gasteiger partial charge in [0.2, 0.25) is 6.10 Å². The molecule has 1 N–H and O–H groups in total. The second-order valence-corrected chi connectivity index (χ2v) is 5.34. The van der Waals surface area contributed by atoms with Crippen LogP contribution in [-0.4, -0.2) is 34.2 Å². The van der Waals surface area contributed by atoms with Gasteiger partial charge in [-0.15, -0.1) is 0 Å². The number of carbonyl (C=O) groups excluding carboxylic acids is 2.